The van der Waals surface area contributed by atoms with Crippen LogP contribution in [0.3, 0.4) is 0 Å². The van der Waals surface area contributed by atoms with Gasteiger partial charge in [-0.2, -0.15) is 0 Å². The Morgan fingerprint density at radius 1 is 1.06 bits per heavy atom. The third kappa shape index (κ3) is 4.99. The molecule has 0 aliphatic heterocycles. The van der Waals surface area contributed by atoms with Crippen molar-refractivity contribution in [1.82, 2.24) is 5.32 Å². The number of nitrogens with one attached hydrogen (secondary N) is 1. The first-order valence-electron chi connectivity index (χ1n) is 8.06. The van der Waals surface area contributed by atoms with Gasteiger partial charge in [0.1, 0.15) is 0 Å². The Morgan fingerprint density at radius 2 is 1.82 bits per heavy atom. The Morgan fingerprint density at radius 3 is 2.47 bits per heavy atom. The standard InChI is InChI=1S/C16H33N/c1-4-7-8-13-16(17-6-3)15-12-10-9-11-14(15)5-2/h14-17H,4-13H2,1-3H3. The van der Waals surface area contributed by atoms with Gasteiger partial charge in [0, 0.05) is 6.04 Å². The summed E-state index contributed by atoms with van der Waals surface area (Å²) in [6.07, 6.45) is 12.9. The maximum absolute atomic E-state index is 3.78. The van der Waals surface area contributed by atoms with Gasteiger partial charge < -0.3 is 5.32 Å². The van der Waals surface area contributed by atoms with Gasteiger partial charge in [0.05, 0.1) is 0 Å². The van der Waals surface area contributed by atoms with E-state index in [9.17, 15) is 0 Å². The van der Waals surface area contributed by atoms with Crippen LogP contribution in [0.25, 0.3) is 0 Å². The highest BCUT2D eigenvalue weighted by Gasteiger charge is 2.29. The fourth-order valence-corrected chi connectivity index (χ4v) is 3.62. The van der Waals surface area contributed by atoms with Crippen molar-refractivity contribution in [2.24, 2.45) is 11.8 Å². The van der Waals surface area contributed by atoms with Crippen molar-refractivity contribution in [3.05, 3.63) is 0 Å². The van der Waals surface area contributed by atoms with E-state index in [2.05, 4.69) is 26.1 Å². The summed E-state index contributed by atoms with van der Waals surface area (Å²) in [4.78, 5) is 0. The molecular weight excluding hydrogens is 206 g/mol. The lowest BCUT2D eigenvalue weighted by Crippen LogP contribution is -2.41. The van der Waals surface area contributed by atoms with Gasteiger partial charge in [-0.05, 0) is 31.2 Å². The molecule has 0 saturated heterocycles. The highest BCUT2D eigenvalue weighted by atomic mass is 14.9. The van der Waals surface area contributed by atoms with Crippen LogP contribution in [0.4, 0.5) is 0 Å². The van der Waals surface area contributed by atoms with E-state index < -0.39 is 0 Å². The molecule has 1 fully saturated rings. The van der Waals surface area contributed by atoms with Crippen molar-refractivity contribution in [3.8, 4) is 0 Å². The second-order valence-corrected chi connectivity index (χ2v) is 5.78. The van der Waals surface area contributed by atoms with Crippen LogP contribution in [-0.4, -0.2) is 12.6 Å². The Kier molecular flexibility index (Phi) is 7.92. The van der Waals surface area contributed by atoms with E-state index in [1.165, 1.54) is 57.8 Å². The monoisotopic (exact) mass is 239 g/mol. The van der Waals surface area contributed by atoms with Crippen LogP contribution in [0.5, 0.6) is 0 Å². The summed E-state index contributed by atoms with van der Waals surface area (Å²) < 4.78 is 0. The smallest absolute Gasteiger partial charge is 0.00978 e. The molecule has 1 saturated carbocycles. The molecule has 1 nitrogen and oxygen atoms in total. The summed E-state index contributed by atoms with van der Waals surface area (Å²) in [7, 11) is 0. The van der Waals surface area contributed by atoms with Gasteiger partial charge in [-0.1, -0.05) is 65.7 Å². The Labute approximate surface area is 109 Å². The molecule has 3 atom stereocenters. The maximum Gasteiger partial charge on any atom is 0.00978 e. The molecule has 0 bridgehead atoms. The number of hydrogen-bond donors (Lipinski definition) is 1. The average molecular weight is 239 g/mol. The van der Waals surface area contributed by atoms with Crippen LogP contribution >= 0.6 is 0 Å². The minimum Gasteiger partial charge on any atom is -0.314 e. The molecule has 0 heterocycles. The minimum absolute atomic E-state index is 0.803. The van der Waals surface area contributed by atoms with Crippen molar-refractivity contribution in [2.75, 3.05) is 6.54 Å². The highest BCUT2D eigenvalue weighted by Crippen LogP contribution is 2.35. The molecular formula is C16H33N. The van der Waals surface area contributed by atoms with Crippen LogP contribution in [0.15, 0.2) is 0 Å². The molecule has 1 heteroatoms. The second-order valence-electron chi connectivity index (χ2n) is 5.78. The summed E-state index contributed by atoms with van der Waals surface area (Å²) in [5.74, 6) is 1.96. The van der Waals surface area contributed by atoms with Gasteiger partial charge in [0.2, 0.25) is 0 Å². The third-order valence-electron chi connectivity index (χ3n) is 4.59. The third-order valence-corrected chi connectivity index (χ3v) is 4.59. The first-order valence-corrected chi connectivity index (χ1v) is 8.06. The van der Waals surface area contributed by atoms with Crippen LogP contribution < -0.4 is 5.32 Å². The second kappa shape index (κ2) is 8.97. The van der Waals surface area contributed by atoms with Crippen LogP contribution in [0, 0.1) is 11.8 Å². The molecule has 1 aliphatic carbocycles. The molecule has 17 heavy (non-hydrogen) atoms. The van der Waals surface area contributed by atoms with Crippen LogP contribution in [-0.2, 0) is 0 Å². The molecule has 102 valence electrons. The SMILES string of the molecule is CCCCCC(NCC)C1CCCCC1CC. The molecule has 0 aromatic rings. The maximum atomic E-state index is 3.78. The lowest BCUT2D eigenvalue weighted by atomic mass is 9.73. The fourth-order valence-electron chi connectivity index (χ4n) is 3.62. The van der Waals surface area contributed by atoms with E-state index in [1.54, 1.807) is 0 Å². The first-order chi connectivity index (χ1) is 8.33. The van der Waals surface area contributed by atoms with E-state index >= 15 is 0 Å². The molecule has 0 aromatic carbocycles. The van der Waals surface area contributed by atoms with Crippen molar-refractivity contribution in [2.45, 2.75) is 84.6 Å². The molecule has 0 radical (unpaired) electrons. The molecule has 0 amide bonds. The van der Waals surface area contributed by atoms with E-state index in [-0.39, 0.29) is 0 Å². The van der Waals surface area contributed by atoms with Gasteiger partial charge in [-0.25, -0.2) is 0 Å². The molecule has 1 aliphatic rings. The Hall–Kier alpha value is -0.0400. The summed E-state index contributed by atoms with van der Waals surface area (Å²) in [6, 6.07) is 0.803. The molecule has 0 aromatic heterocycles. The number of rotatable bonds is 8. The average Bonchev–Trinajstić information content (AvgIpc) is 2.38. The van der Waals surface area contributed by atoms with Crippen LogP contribution in [0.1, 0.15) is 78.6 Å². The van der Waals surface area contributed by atoms with Gasteiger partial charge in [0.15, 0.2) is 0 Å². The Bertz CT molecular complexity index is 178. The summed E-state index contributed by atoms with van der Waals surface area (Å²) in [6.45, 7) is 8.09. The van der Waals surface area contributed by atoms with E-state index in [0.717, 1.165) is 24.4 Å². The molecule has 1 N–H and O–H groups in total. The van der Waals surface area contributed by atoms with Gasteiger partial charge >= 0.3 is 0 Å². The predicted molar refractivity (Wildman–Crippen MR) is 77.3 cm³/mol. The number of hydrogen-bond acceptors (Lipinski definition) is 1. The lowest BCUT2D eigenvalue weighted by Gasteiger charge is -2.37. The van der Waals surface area contributed by atoms with Gasteiger partial charge in [0.25, 0.3) is 0 Å². The summed E-state index contributed by atoms with van der Waals surface area (Å²) >= 11 is 0. The zero-order valence-corrected chi connectivity index (χ0v) is 12.3. The quantitative estimate of drug-likeness (QED) is 0.602. The number of unbranched alkanes of at least 4 members (excludes halogenated alkanes) is 2. The lowest BCUT2D eigenvalue weighted by molar-refractivity contribution is 0.168. The van der Waals surface area contributed by atoms with Crippen molar-refractivity contribution in [1.29, 1.82) is 0 Å². The van der Waals surface area contributed by atoms with E-state index in [1.807, 2.05) is 0 Å². The zero-order chi connectivity index (χ0) is 12.5. The first kappa shape index (κ1) is 15.0. The van der Waals surface area contributed by atoms with Crippen molar-refractivity contribution >= 4 is 0 Å². The minimum atomic E-state index is 0.803. The molecule has 0 spiro atoms. The van der Waals surface area contributed by atoms with Gasteiger partial charge in [-0.15, -0.1) is 0 Å². The van der Waals surface area contributed by atoms with Crippen molar-refractivity contribution in [3.63, 3.8) is 0 Å². The topological polar surface area (TPSA) is 12.0 Å². The fraction of sp³-hybridized carbons (Fsp3) is 1.00. The predicted octanol–water partition coefficient (Wildman–Crippen LogP) is 4.76. The van der Waals surface area contributed by atoms with Gasteiger partial charge in [-0.3, -0.25) is 0 Å². The largest absolute Gasteiger partial charge is 0.314 e. The summed E-state index contributed by atoms with van der Waals surface area (Å²) in [5, 5.41) is 3.78. The molecule has 1 rings (SSSR count). The van der Waals surface area contributed by atoms with Crippen molar-refractivity contribution < 1.29 is 0 Å². The zero-order valence-electron chi connectivity index (χ0n) is 12.3. The van der Waals surface area contributed by atoms with E-state index in [4.69, 9.17) is 0 Å². The Balaban J connectivity index is 2.47. The van der Waals surface area contributed by atoms with Crippen LogP contribution in [0.2, 0.25) is 0 Å². The normalized spacial score (nSPS) is 27.0. The van der Waals surface area contributed by atoms with E-state index in [0.29, 0.717) is 0 Å². The highest BCUT2D eigenvalue weighted by molar-refractivity contribution is 4.84. The molecule has 3 unspecified atom stereocenters. The summed E-state index contributed by atoms with van der Waals surface area (Å²) in [5.41, 5.74) is 0.